The Morgan fingerprint density at radius 1 is 0.941 bits per heavy atom. The van der Waals surface area contributed by atoms with Crippen molar-refractivity contribution in [2.24, 2.45) is 0 Å². The van der Waals surface area contributed by atoms with E-state index in [1.165, 1.54) is 0 Å². The Kier molecular flexibility index (Phi) is 6.98. The first kappa shape index (κ1) is 17.7. The van der Waals surface area contributed by atoms with Gasteiger partial charge in [-0.05, 0) is 20.8 Å². The molecule has 0 N–H and O–H groups in total. The average Bonchev–Trinajstić information content (AvgIpc) is 2.16. The first-order chi connectivity index (χ1) is 7.68. The highest BCUT2D eigenvalue weighted by molar-refractivity contribution is 7.83. The summed E-state index contributed by atoms with van der Waals surface area (Å²) in [4.78, 5) is 0. The van der Waals surface area contributed by atoms with E-state index < -0.39 is 8.80 Å². The van der Waals surface area contributed by atoms with Gasteiger partial charge in [-0.1, -0.05) is 20.8 Å². The zero-order valence-electron chi connectivity index (χ0n) is 12.3. The average molecular weight is 297 g/mol. The molecule has 0 saturated carbocycles. The molecule has 0 aliphatic rings. The normalized spacial score (nSPS) is 17.1. The summed E-state index contributed by atoms with van der Waals surface area (Å²) in [6.45, 7) is 14.2. The van der Waals surface area contributed by atoms with Gasteiger partial charge in [0.2, 0.25) is 0 Å². The molecule has 0 aromatic rings. The van der Waals surface area contributed by atoms with Crippen molar-refractivity contribution in [3.63, 3.8) is 0 Å². The molecule has 0 aliphatic heterocycles. The summed E-state index contributed by atoms with van der Waals surface area (Å²) in [7, 11) is -1.75. The van der Waals surface area contributed by atoms with Gasteiger partial charge in [-0.15, -0.1) is 0 Å². The Labute approximate surface area is 116 Å². The molecule has 0 aromatic heterocycles. The molecule has 0 heterocycles. The van der Waals surface area contributed by atoms with Crippen LogP contribution in [0, 0.1) is 0 Å². The summed E-state index contributed by atoms with van der Waals surface area (Å²) in [5.74, 6) is 0. The third-order valence-corrected chi connectivity index (χ3v) is 9.98. The summed E-state index contributed by atoms with van der Waals surface area (Å²) < 4.78 is 17.8. The van der Waals surface area contributed by atoms with E-state index in [1.54, 1.807) is 0 Å². The quantitative estimate of drug-likeness (QED) is 0.547. The van der Waals surface area contributed by atoms with Crippen LogP contribution in [-0.2, 0) is 13.3 Å². The summed E-state index contributed by atoms with van der Waals surface area (Å²) in [5, 5.41) is -0.197. The molecule has 0 fully saturated rings. The first-order valence-electron chi connectivity index (χ1n) is 6.32. The Morgan fingerprint density at radius 3 is 1.41 bits per heavy atom. The second-order valence-electron chi connectivity index (χ2n) is 5.04. The van der Waals surface area contributed by atoms with Crippen LogP contribution in [0.3, 0.4) is 0 Å². The topological polar surface area (TPSA) is 27.7 Å². The lowest BCUT2D eigenvalue weighted by atomic mass is 10.1. The van der Waals surface area contributed by atoms with Crippen LogP contribution in [0.15, 0.2) is 0 Å². The maximum Gasteiger partial charge on any atom is 0.507 e. The summed E-state index contributed by atoms with van der Waals surface area (Å²) >= 11 is 4.76. The van der Waals surface area contributed by atoms with Gasteiger partial charge >= 0.3 is 8.80 Å². The summed E-state index contributed by atoms with van der Waals surface area (Å²) in [6, 6.07) is 0. The second-order valence-corrected chi connectivity index (χ2v) is 12.2. The van der Waals surface area contributed by atoms with Gasteiger partial charge in [0.1, 0.15) is 0 Å². The molecular formula is C11H28O3SSi2. The van der Waals surface area contributed by atoms with Gasteiger partial charge in [-0.25, -0.2) is 0 Å². The second kappa shape index (κ2) is 6.72. The van der Waals surface area contributed by atoms with Crippen molar-refractivity contribution in [3.8, 4) is 0 Å². The van der Waals surface area contributed by atoms with Gasteiger partial charge in [0.25, 0.3) is 0 Å². The van der Waals surface area contributed by atoms with Crippen molar-refractivity contribution < 1.29 is 13.3 Å². The van der Waals surface area contributed by atoms with E-state index in [4.69, 9.17) is 25.9 Å². The van der Waals surface area contributed by atoms with Crippen molar-refractivity contribution in [1.82, 2.24) is 0 Å². The molecule has 1 atom stereocenters. The third-order valence-electron chi connectivity index (χ3n) is 3.30. The van der Waals surface area contributed by atoms with Crippen LogP contribution in [0.4, 0.5) is 0 Å². The summed E-state index contributed by atoms with van der Waals surface area (Å²) in [6.07, 6.45) is 0. The molecular weight excluding hydrogens is 268 g/mol. The highest BCUT2D eigenvalue weighted by Crippen LogP contribution is 2.49. The van der Waals surface area contributed by atoms with Crippen molar-refractivity contribution in [1.29, 1.82) is 0 Å². The van der Waals surface area contributed by atoms with Gasteiger partial charge in [0.15, 0.2) is 0 Å². The third kappa shape index (κ3) is 3.81. The molecule has 0 unspecified atom stereocenters. The molecule has 0 spiro atoms. The van der Waals surface area contributed by atoms with Crippen molar-refractivity contribution >= 4 is 31.7 Å². The van der Waals surface area contributed by atoms with E-state index >= 15 is 0 Å². The van der Waals surface area contributed by atoms with E-state index in [9.17, 15) is 0 Å². The molecule has 0 bridgehead atoms. The minimum atomic E-state index is -2.70. The molecule has 0 radical (unpaired) electrons. The SMILES string of the molecule is CCO[Si](OCC)(OCC)C(C)(C)[C@@](C)([SiH3])S. The molecule has 0 aromatic carbocycles. The molecule has 17 heavy (non-hydrogen) atoms. The molecule has 104 valence electrons. The Balaban J connectivity index is 5.38. The Hall–Kier alpha value is 0.664. The van der Waals surface area contributed by atoms with Crippen LogP contribution in [0.1, 0.15) is 41.5 Å². The minimum Gasteiger partial charge on any atom is -0.373 e. The Morgan fingerprint density at radius 2 is 1.24 bits per heavy atom. The maximum absolute atomic E-state index is 5.97. The lowest BCUT2D eigenvalue weighted by Crippen LogP contribution is -2.61. The molecule has 6 heteroatoms. The highest BCUT2D eigenvalue weighted by atomic mass is 32.1. The van der Waals surface area contributed by atoms with E-state index in [0.29, 0.717) is 19.8 Å². The zero-order chi connectivity index (χ0) is 13.7. The van der Waals surface area contributed by atoms with E-state index in [1.807, 2.05) is 20.8 Å². The van der Waals surface area contributed by atoms with E-state index in [2.05, 4.69) is 20.8 Å². The number of hydrogen-bond acceptors (Lipinski definition) is 4. The summed E-state index contributed by atoms with van der Waals surface area (Å²) in [5.41, 5.74) is 0. The van der Waals surface area contributed by atoms with Gasteiger partial charge in [0, 0.05) is 39.5 Å². The lowest BCUT2D eigenvalue weighted by molar-refractivity contribution is 0.0464. The number of thiol groups is 1. The van der Waals surface area contributed by atoms with E-state index in [0.717, 1.165) is 10.2 Å². The van der Waals surface area contributed by atoms with Crippen molar-refractivity contribution in [3.05, 3.63) is 0 Å². The fraction of sp³-hybridized carbons (Fsp3) is 1.00. The minimum absolute atomic E-state index is 0.0985. The molecule has 0 rings (SSSR count). The van der Waals surface area contributed by atoms with Crippen molar-refractivity contribution in [2.45, 2.75) is 51.0 Å². The largest absolute Gasteiger partial charge is 0.507 e. The van der Waals surface area contributed by atoms with Crippen LogP contribution in [0.2, 0.25) is 5.04 Å². The van der Waals surface area contributed by atoms with Crippen LogP contribution in [0.5, 0.6) is 0 Å². The standard InChI is InChI=1S/C11H28O3SSi2/c1-7-12-17(13-8-2,14-9-3)10(4,5)11(6,15)16/h15H,7-9H2,1-6,16H3/t11-/m1/s1. The predicted molar refractivity (Wildman–Crippen MR) is 82.0 cm³/mol. The van der Waals surface area contributed by atoms with Crippen molar-refractivity contribution in [2.75, 3.05) is 19.8 Å². The van der Waals surface area contributed by atoms with Gasteiger partial charge < -0.3 is 13.3 Å². The fourth-order valence-corrected chi connectivity index (χ4v) is 6.16. The molecule has 0 saturated heterocycles. The maximum atomic E-state index is 5.97. The monoisotopic (exact) mass is 296 g/mol. The van der Waals surface area contributed by atoms with E-state index in [-0.39, 0.29) is 9.41 Å². The zero-order valence-corrected chi connectivity index (χ0v) is 16.2. The van der Waals surface area contributed by atoms with Gasteiger partial charge in [-0.3, -0.25) is 0 Å². The van der Waals surface area contributed by atoms with Crippen LogP contribution in [0.25, 0.3) is 0 Å². The van der Waals surface area contributed by atoms with Crippen LogP contribution in [-0.4, -0.2) is 43.2 Å². The van der Waals surface area contributed by atoms with Gasteiger partial charge in [0.05, 0.1) is 0 Å². The fourth-order valence-electron chi connectivity index (χ4n) is 1.61. The first-order valence-corrected chi connectivity index (χ1v) is 9.50. The molecule has 0 amide bonds. The molecule has 3 nitrogen and oxygen atoms in total. The Bertz CT molecular complexity index is 212. The lowest BCUT2D eigenvalue weighted by Gasteiger charge is -2.47. The van der Waals surface area contributed by atoms with Gasteiger partial charge in [-0.2, -0.15) is 12.6 Å². The number of rotatable bonds is 8. The number of hydrogen-bond donors (Lipinski definition) is 1. The molecule has 0 aliphatic carbocycles. The van der Waals surface area contributed by atoms with Crippen LogP contribution < -0.4 is 0 Å². The highest BCUT2D eigenvalue weighted by Gasteiger charge is 2.60. The van der Waals surface area contributed by atoms with Crippen LogP contribution >= 0.6 is 12.6 Å². The predicted octanol–water partition coefficient (Wildman–Crippen LogP) is 1.83. The smallest absolute Gasteiger partial charge is 0.373 e.